The summed E-state index contributed by atoms with van der Waals surface area (Å²) in [6.07, 6.45) is 2.04. The van der Waals surface area contributed by atoms with Gasteiger partial charge in [0.1, 0.15) is 6.54 Å². The van der Waals surface area contributed by atoms with Gasteiger partial charge in [0, 0.05) is 22.2 Å². The first-order valence-electron chi connectivity index (χ1n) is 9.57. The molecule has 1 fully saturated rings. The van der Waals surface area contributed by atoms with Crippen molar-refractivity contribution >= 4 is 39.0 Å². The van der Waals surface area contributed by atoms with E-state index in [2.05, 4.69) is 11.4 Å². The first-order chi connectivity index (χ1) is 13.7. The normalized spacial score (nSPS) is 16.9. The van der Waals surface area contributed by atoms with Crippen LogP contribution >= 0.6 is 11.3 Å². The Morgan fingerprint density at radius 2 is 1.64 bits per heavy atom. The minimum atomic E-state index is 0.0209. The highest BCUT2D eigenvalue weighted by molar-refractivity contribution is 7.10. The van der Waals surface area contributed by atoms with Gasteiger partial charge in [-0.3, -0.25) is 9.59 Å². The fourth-order valence-corrected chi connectivity index (χ4v) is 5.19. The lowest BCUT2D eigenvalue weighted by molar-refractivity contribution is -0.132. The van der Waals surface area contributed by atoms with Crippen LogP contribution in [-0.4, -0.2) is 21.9 Å². The average molecular weight is 388 g/mol. The number of amides is 1. The molecule has 0 spiro atoms. The largest absolute Gasteiger partial charge is 0.333 e. The minimum Gasteiger partial charge on any atom is -0.333 e. The van der Waals surface area contributed by atoms with Gasteiger partial charge in [-0.05, 0) is 48.6 Å². The third kappa shape index (κ3) is 2.74. The molecule has 0 aliphatic carbocycles. The van der Waals surface area contributed by atoms with E-state index in [4.69, 9.17) is 0 Å². The number of benzene rings is 2. The summed E-state index contributed by atoms with van der Waals surface area (Å²) in [5.74, 6) is 0.106. The van der Waals surface area contributed by atoms with Crippen LogP contribution in [0, 0.1) is 0 Å². The Labute approximate surface area is 166 Å². The highest BCUT2D eigenvalue weighted by Gasteiger charge is 2.30. The van der Waals surface area contributed by atoms with Crippen molar-refractivity contribution in [3.8, 4) is 0 Å². The number of carbonyl (C=O) groups excluding carboxylic acids is 1. The van der Waals surface area contributed by atoms with E-state index in [9.17, 15) is 9.59 Å². The van der Waals surface area contributed by atoms with Crippen molar-refractivity contribution in [1.29, 1.82) is 0 Å². The summed E-state index contributed by atoms with van der Waals surface area (Å²) in [5.41, 5.74) is 1.64. The van der Waals surface area contributed by atoms with Crippen LogP contribution in [0.2, 0.25) is 0 Å². The molecule has 1 aliphatic heterocycles. The van der Waals surface area contributed by atoms with E-state index in [0.29, 0.717) is 10.8 Å². The Bertz CT molecular complexity index is 1170. The van der Waals surface area contributed by atoms with Crippen LogP contribution in [-0.2, 0) is 11.3 Å². The Hall–Kier alpha value is -2.92. The molecule has 140 valence electrons. The molecule has 1 atom stereocenters. The SMILES string of the molecule is O=C(Cn1c2ccccc2c(=O)c2ccccc21)N1CCC[C@H]1c1cccs1. The molecule has 4 nitrogen and oxygen atoms in total. The van der Waals surface area contributed by atoms with E-state index in [-0.39, 0.29) is 23.9 Å². The summed E-state index contributed by atoms with van der Waals surface area (Å²) in [4.78, 5) is 29.5. The lowest BCUT2D eigenvalue weighted by Crippen LogP contribution is -2.33. The summed E-state index contributed by atoms with van der Waals surface area (Å²) in [6.45, 7) is 1.03. The molecular formula is C23H20N2O2S. The smallest absolute Gasteiger partial charge is 0.243 e. The maximum atomic E-state index is 13.3. The second kappa shape index (κ2) is 6.91. The predicted molar refractivity (Wildman–Crippen MR) is 114 cm³/mol. The maximum absolute atomic E-state index is 13.3. The third-order valence-corrected chi connectivity index (χ3v) is 6.59. The molecule has 0 N–H and O–H groups in total. The molecule has 0 radical (unpaired) electrons. The molecule has 5 heteroatoms. The van der Waals surface area contributed by atoms with Gasteiger partial charge in [-0.1, -0.05) is 30.3 Å². The molecular weight excluding hydrogens is 368 g/mol. The second-order valence-corrected chi connectivity index (χ2v) is 8.19. The molecule has 3 heterocycles. The zero-order valence-corrected chi connectivity index (χ0v) is 16.2. The number of hydrogen-bond acceptors (Lipinski definition) is 3. The zero-order chi connectivity index (χ0) is 19.1. The van der Waals surface area contributed by atoms with E-state index < -0.39 is 0 Å². The molecule has 4 aromatic rings. The Morgan fingerprint density at radius 3 is 2.29 bits per heavy atom. The topological polar surface area (TPSA) is 42.3 Å². The number of carbonyl (C=O) groups is 1. The molecule has 0 unspecified atom stereocenters. The number of aromatic nitrogens is 1. The fourth-order valence-electron chi connectivity index (χ4n) is 4.32. The van der Waals surface area contributed by atoms with Crippen LogP contribution < -0.4 is 5.43 Å². The van der Waals surface area contributed by atoms with Crippen LogP contribution in [0.15, 0.2) is 70.8 Å². The molecule has 0 bridgehead atoms. The Morgan fingerprint density at radius 1 is 0.964 bits per heavy atom. The van der Waals surface area contributed by atoms with E-state index in [1.807, 2.05) is 64.1 Å². The van der Waals surface area contributed by atoms with Gasteiger partial charge in [0.2, 0.25) is 5.91 Å². The predicted octanol–water partition coefficient (Wildman–Crippen LogP) is 4.58. The highest BCUT2D eigenvalue weighted by Crippen LogP contribution is 2.34. The monoisotopic (exact) mass is 388 g/mol. The number of rotatable bonds is 3. The standard InChI is InChI=1S/C23H20N2O2S/c26-22(24-13-5-11-20(24)21-12-6-14-28-21)15-25-18-9-3-1-7-16(18)23(27)17-8-2-4-10-19(17)25/h1-4,6-10,12,14,20H,5,11,13,15H2/t20-/m0/s1. The fraction of sp³-hybridized carbons (Fsp3) is 0.217. The summed E-state index contributed by atoms with van der Waals surface area (Å²) >= 11 is 1.71. The van der Waals surface area contributed by atoms with Gasteiger partial charge < -0.3 is 9.47 Å². The van der Waals surface area contributed by atoms with E-state index >= 15 is 0 Å². The Kier molecular flexibility index (Phi) is 4.24. The molecule has 1 saturated heterocycles. The van der Waals surface area contributed by atoms with Crippen LogP contribution in [0.3, 0.4) is 0 Å². The molecule has 2 aromatic carbocycles. The van der Waals surface area contributed by atoms with Crippen LogP contribution in [0.4, 0.5) is 0 Å². The van der Waals surface area contributed by atoms with E-state index in [0.717, 1.165) is 30.4 Å². The summed E-state index contributed by atoms with van der Waals surface area (Å²) < 4.78 is 2.00. The van der Waals surface area contributed by atoms with Crippen molar-refractivity contribution in [3.63, 3.8) is 0 Å². The van der Waals surface area contributed by atoms with Gasteiger partial charge in [-0.25, -0.2) is 0 Å². The number of pyridine rings is 1. The van der Waals surface area contributed by atoms with Crippen LogP contribution in [0.5, 0.6) is 0 Å². The summed E-state index contributed by atoms with van der Waals surface area (Å²) in [7, 11) is 0. The quantitative estimate of drug-likeness (QED) is 0.482. The van der Waals surface area contributed by atoms with Crippen molar-refractivity contribution in [2.75, 3.05) is 6.54 Å². The number of para-hydroxylation sites is 2. The van der Waals surface area contributed by atoms with Gasteiger partial charge in [0.15, 0.2) is 5.43 Å². The average Bonchev–Trinajstić information content (AvgIpc) is 3.42. The third-order valence-electron chi connectivity index (χ3n) is 5.62. The Balaban J connectivity index is 1.60. The maximum Gasteiger partial charge on any atom is 0.243 e. The molecule has 0 saturated carbocycles. The van der Waals surface area contributed by atoms with Crippen molar-refractivity contribution < 1.29 is 4.79 Å². The summed E-state index contributed by atoms with van der Waals surface area (Å²) in [6, 6.07) is 19.5. The van der Waals surface area contributed by atoms with E-state index in [1.54, 1.807) is 11.3 Å². The van der Waals surface area contributed by atoms with Crippen molar-refractivity contribution in [3.05, 3.63) is 81.1 Å². The van der Waals surface area contributed by atoms with Crippen molar-refractivity contribution in [2.24, 2.45) is 0 Å². The van der Waals surface area contributed by atoms with Crippen molar-refractivity contribution in [2.45, 2.75) is 25.4 Å². The summed E-state index contributed by atoms with van der Waals surface area (Å²) in [5, 5.41) is 3.38. The molecule has 1 aliphatic rings. The van der Waals surface area contributed by atoms with E-state index in [1.165, 1.54) is 4.88 Å². The number of thiophene rings is 1. The second-order valence-electron chi connectivity index (χ2n) is 7.21. The lowest BCUT2D eigenvalue weighted by atomic mass is 10.1. The van der Waals surface area contributed by atoms with Crippen molar-refractivity contribution in [1.82, 2.24) is 9.47 Å². The number of fused-ring (bicyclic) bond motifs is 2. The first-order valence-corrected chi connectivity index (χ1v) is 10.4. The molecule has 1 amide bonds. The van der Waals surface area contributed by atoms with Gasteiger partial charge in [0.25, 0.3) is 0 Å². The van der Waals surface area contributed by atoms with Gasteiger partial charge in [0.05, 0.1) is 17.1 Å². The van der Waals surface area contributed by atoms with Crippen LogP contribution in [0.1, 0.15) is 23.8 Å². The van der Waals surface area contributed by atoms with Crippen LogP contribution in [0.25, 0.3) is 21.8 Å². The van der Waals surface area contributed by atoms with Gasteiger partial charge >= 0.3 is 0 Å². The number of nitrogens with zero attached hydrogens (tertiary/aromatic N) is 2. The molecule has 28 heavy (non-hydrogen) atoms. The minimum absolute atomic E-state index is 0.0209. The van der Waals surface area contributed by atoms with Gasteiger partial charge in [-0.2, -0.15) is 0 Å². The number of likely N-dealkylation sites (tertiary alicyclic amines) is 1. The molecule has 2 aromatic heterocycles. The van der Waals surface area contributed by atoms with Gasteiger partial charge in [-0.15, -0.1) is 11.3 Å². The molecule has 5 rings (SSSR count). The zero-order valence-electron chi connectivity index (χ0n) is 15.4. The highest BCUT2D eigenvalue weighted by atomic mass is 32.1. The first kappa shape index (κ1) is 17.2. The number of hydrogen-bond donors (Lipinski definition) is 0. The lowest BCUT2D eigenvalue weighted by Gasteiger charge is -2.25.